The molecule has 3 atom stereocenters. The van der Waals surface area contributed by atoms with E-state index in [1.165, 1.54) is 0 Å². The van der Waals surface area contributed by atoms with E-state index < -0.39 is 23.9 Å². The summed E-state index contributed by atoms with van der Waals surface area (Å²) in [4.78, 5) is 22.6. The summed E-state index contributed by atoms with van der Waals surface area (Å²) in [5.41, 5.74) is 0.511. The average Bonchev–Trinajstić information content (AvgIpc) is 2.87. The molecule has 0 fully saturated rings. The quantitative estimate of drug-likeness (QED) is 0.702. The van der Waals surface area contributed by atoms with Crippen LogP contribution in [0.4, 0.5) is 0 Å². The number of aliphatic hydroxyl groups is 1. The molecular weight excluding hydrogens is 246 g/mol. The second kappa shape index (κ2) is 5.67. The molecule has 100 valence electrons. The van der Waals surface area contributed by atoms with E-state index in [1.807, 2.05) is 0 Å². The summed E-state index contributed by atoms with van der Waals surface area (Å²) in [5.74, 6) is -2.00. The van der Waals surface area contributed by atoms with Crippen LogP contribution in [0.3, 0.4) is 0 Å². The van der Waals surface area contributed by atoms with E-state index in [1.54, 1.807) is 42.5 Å². The van der Waals surface area contributed by atoms with Crippen LogP contribution in [0.2, 0.25) is 0 Å². The third-order valence-electron chi connectivity index (χ3n) is 3.09. The second-order valence-corrected chi connectivity index (χ2v) is 4.49. The minimum Gasteiger partial charge on any atom is -0.481 e. The van der Waals surface area contributed by atoms with Gasteiger partial charge >= 0.3 is 5.97 Å². The number of amides is 1. The lowest BCUT2D eigenvalue weighted by Gasteiger charge is -2.16. The Balaban J connectivity index is 1.92. The van der Waals surface area contributed by atoms with Crippen LogP contribution < -0.4 is 5.32 Å². The topological polar surface area (TPSA) is 86.6 Å². The van der Waals surface area contributed by atoms with Crippen LogP contribution in [0.25, 0.3) is 0 Å². The van der Waals surface area contributed by atoms with Gasteiger partial charge in [-0.25, -0.2) is 0 Å². The molecule has 2 rings (SSSR count). The van der Waals surface area contributed by atoms with Crippen molar-refractivity contribution in [3.05, 3.63) is 48.0 Å². The van der Waals surface area contributed by atoms with Crippen molar-refractivity contribution in [2.75, 3.05) is 0 Å². The number of carboxylic acid groups (broad SMARTS) is 1. The van der Waals surface area contributed by atoms with E-state index in [0.717, 1.165) is 0 Å². The predicted octanol–water partition coefficient (Wildman–Crippen LogP) is 0.865. The number of hydrogen-bond donors (Lipinski definition) is 3. The molecule has 1 amide bonds. The molecule has 3 unspecified atom stereocenters. The van der Waals surface area contributed by atoms with Gasteiger partial charge in [0, 0.05) is 6.04 Å². The fourth-order valence-electron chi connectivity index (χ4n) is 2.04. The minimum atomic E-state index is -1.24. The molecule has 19 heavy (non-hydrogen) atoms. The molecule has 0 saturated carbocycles. The molecule has 0 bridgehead atoms. The molecule has 1 aliphatic carbocycles. The monoisotopic (exact) mass is 261 g/mol. The number of aliphatic carboxylic acids is 1. The van der Waals surface area contributed by atoms with Crippen molar-refractivity contribution in [1.82, 2.24) is 5.32 Å². The van der Waals surface area contributed by atoms with Crippen molar-refractivity contribution >= 4 is 11.9 Å². The molecule has 1 aliphatic rings. The lowest BCUT2D eigenvalue weighted by Crippen LogP contribution is -2.36. The van der Waals surface area contributed by atoms with Gasteiger partial charge in [0.1, 0.15) is 0 Å². The normalized spacial score (nSPS) is 23.0. The fourth-order valence-corrected chi connectivity index (χ4v) is 2.04. The Kier molecular flexibility index (Phi) is 3.97. The predicted molar refractivity (Wildman–Crippen MR) is 68.2 cm³/mol. The Morgan fingerprint density at radius 2 is 1.89 bits per heavy atom. The minimum absolute atomic E-state index is 0.322. The average molecular weight is 261 g/mol. The number of hydrogen-bond acceptors (Lipinski definition) is 3. The number of carbonyl (C=O) groups excluding carboxylic acids is 1. The van der Waals surface area contributed by atoms with Crippen molar-refractivity contribution in [3.63, 3.8) is 0 Å². The van der Waals surface area contributed by atoms with Gasteiger partial charge in [0.2, 0.25) is 0 Å². The maximum atomic E-state index is 11.8. The zero-order valence-electron chi connectivity index (χ0n) is 10.2. The Hall–Kier alpha value is -2.14. The summed E-state index contributed by atoms with van der Waals surface area (Å²) in [6.45, 7) is 0. The van der Waals surface area contributed by atoms with Gasteiger partial charge in [-0.2, -0.15) is 0 Å². The van der Waals surface area contributed by atoms with Crippen LogP contribution in [0.1, 0.15) is 18.1 Å². The summed E-state index contributed by atoms with van der Waals surface area (Å²) in [5, 5.41) is 21.3. The molecule has 0 aromatic heterocycles. The van der Waals surface area contributed by atoms with Crippen LogP contribution in [0, 0.1) is 5.92 Å². The first-order chi connectivity index (χ1) is 9.08. The highest BCUT2D eigenvalue weighted by molar-refractivity contribution is 5.82. The summed E-state index contributed by atoms with van der Waals surface area (Å²) >= 11 is 0. The van der Waals surface area contributed by atoms with Gasteiger partial charge in [-0.3, -0.25) is 9.59 Å². The smallest absolute Gasteiger partial charge is 0.310 e. The van der Waals surface area contributed by atoms with Gasteiger partial charge in [0.25, 0.3) is 5.91 Å². The van der Waals surface area contributed by atoms with Gasteiger partial charge in [-0.1, -0.05) is 42.5 Å². The van der Waals surface area contributed by atoms with Crippen molar-refractivity contribution in [1.29, 1.82) is 0 Å². The summed E-state index contributed by atoms with van der Waals surface area (Å²) in [6.07, 6.45) is 2.29. The van der Waals surface area contributed by atoms with Crippen LogP contribution in [-0.4, -0.2) is 28.1 Å². The van der Waals surface area contributed by atoms with Gasteiger partial charge in [-0.05, 0) is 12.0 Å². The highest BCUT2D eigenvalue weighted by Gasteiger charge is 2.27. The Morgan fingerprint density at radius 3 is 2.47 bits per heavy atom. The van der Waals surface area contributed by atoms with Crippen molar-refractivity contribution < 1.29 is 19.8 Å². The number of nitrogens with one attached hydrogen (secondary N) is 1. The first-order valence-corrected chi connectivity index (χ1v) is 6.02. The molecule has 0 aliphatic heterocycles. The highest BCUT2D eigenvalue weighted by atomic mass is 16.4. The Labute approximate surface area is 110 Å². The largest absolute Gasteiger partial charge is 0.481 e. The molecule has 0 saturated heterocycles. The van der Waals surface area contributed by atoms with E-state index in [2.05, 4.69) is 5.32 Å². The molecule has 5 nitrogen and oxygen atoms in total. The van der Waals surface area contributed by atoms with Crippen molar-refractivity contribution in [3.8, 4) is 0 Å². The van der Waals surface area contributed by atoms with Crippen LogP contribution in [0.5, 0.6) is 0 Å². The van der Waals surface area contributed by atoms with Gasteiger partial charge in [-0.15, -0.1) is 0 Å². The van der Waals surface area contributed by atoms with Crippen LogP contribution >= 0.6 is 0 Å². The number of carboxylic acids is 1. The number of carbonyl (C=O) groups is 2. The van der Waals surface area contributed by atoms with Gasteiger partial charge in [0.15, 0.2) is 6.10 Å². The molecule has 0 spiro atoms. The molecule has 3 N–H and O–H groups in total. The van der Waals surface area contributed by atoms with E-state index in [9.17, 15) is 14.7 Å². The van der Waals surface area contributed by atoms with Crippen molar-refractivity contribution in [2.24, 2.45) is 5.92 Å². The lowest BCUT2D eigenvalue weighted by atomic mass is 10.1. The third-order valence-corrected chi connectivity index (χ3v) is 3.09. The SMILES string of the molecule is O=C(O)C1C=CC(NC(=O)C(O)c2ccccc2)C1. The molecular formula is C14H15NO4. The summed E-state index contributed by atoms with van der Waals surface area (Å²) < 4.78 is 0. The van der Waals surface area contributed by atoms with E-state index in [0.29, 0.717) is 12.0 Å². The zero-order valence-corrected chi connectivity index (χ0v) is 10.2. The zero-order chi connectivity index (χ0) is 13.8. The maximum absolute atomic E-state index is 11.8. The van der Waals surface area contributed by atoms with E-state index in [-0.39, 0.29) is 6.04 Å². The fraction of sp³-hybridized carbons (Fsp3) is 0.286. The summed E-state index contributed by atoms with van der Waals surface area (Å²) in [7, 11) is 0. The van der Waals surface area contributed by atoms with Gasteiger partial charge in [0.05, 0.1) is 5.92 Å². The first kappa shape index (κ1) is 13.3. The molecule has 0 heterocycles. The Bertz CT molecular complexity index is 497. The Morgan fingerprint density at radius 1 is 1.21 bits per heavy atom. The first-order valence-electron chi connectivity index (χ1n) is 6.02. The maximum Gasteiger partial charge on any atom is 0.310 e. The molecule has 5 heteroatoms. The highest BCUT2D eigenvalue weighted by Crippen LogP contribution is 2.19. The molecule has 0 radical (unpaired) electrons. The second-order valence-electron chi connectivity index (χ2n) is 4.49. The van der Waals surface area contributed by atoms with Crippen molar-refractivity contribution in [2.45, 2.75) is 18.6 Å². The van der Waals surface area contributed by atoms with E-state index in [4.69, 9.17) is 5.11 Å². The third kappa shape index (κ3) is 3.20. The molecule has 1 aromatic rings. The van der Waals surface area contributed by atoms with Crippen LogP contribution in [0.15, 0.2) is 42.5 Å². The van der Waals surface area contributed by atoms with Gasteiger partial charge < -0.3 is 15.5 Å². The lowest BCUT2D eigenvalue weighted by molar-refractivity contribution is -0.140. The number of aliphatic hydroxyl groups excluding tert-OH is 1. The summed E-state index contributed by atoms with van der Waals surface area (Å²) in [6, 6.07) is 8.25. The van der Waals surface area contributed by atoms with E-state index >= 15 is 0 Å². The van der Waals surface area contributed by atoms with Crippen LogP contribution in [-0.2, 0) is 9.59 Å². The number of rotatable bonds is 4. The molecule has 1 aromatic carbocycles. The number of benzene rings is 1. The standard InChI is InChI=1S/C14H15NO4/c16-12(9-4-2-1-3-5-9)13(17)15-11-7-6-10(8-11)14(18)19/h1-7,10-12,16H,8H2,(H,15,17)(H,18,19).